The molecule has 0 amide bonds. The van der Waals surface area contributed by atoms with E-state index in [1.54, 1.807) is 5.57 Å². The molecule has 2 nitrogen and oxygen atoms in total. The van der Waals surface area contributed by atoms with Crippen molar-refractivity contribution in [1.82, 2.24) is 5.43 Å². The summed E-state index contributed by atoms with van der Waals surface area (Å²) in [6, 6.07) is 0.501. The van der Waals surface area contributed by atoms with Crippen molar-refractivity contribution >= 4 is 0 Å². The number of fused-ring (bicyclic) bond motifs is 1. The zero-order chi connectivity index (χ0) is 11.7. The quantitative estimate of drug-likeness (QED) is 0.447. The van der Waals surface area contributed by atoms with E-state index < -0.39 is 0 Å². The van der Waals surface area contributed by atoms with Gasteiger partial charge in [0.2, 0.25) is 0 Å². The second-order valence-corrected chi connectivity index (χ2v) is 6.21. The molecule has 2 saturated carbocycles. The van der Waals surface area contributed by atoms with Crippen LogP contribution in [0.25, 0.3) is 0 Å². The molecule has 3 unspecified atom stereocenters. The fraction of sp³-hybridized carbons (Fsp3) is 0.867. The molecule has 0 bridgehead atoms. The number of nitrogens with two attached hydrogens (primary N) is 1. The first-order valence-electron chi connectivity index (χ1n) is 7.57. The highest BCUT2D eigenvalue weighted by atomic mass is 15.2. The molecular weight excluding hydrogens is 208 g/mol. The molecule has 3 atom stereocenters. The number of hydrogen-bond acceptors (Lipinski definition) is 2. The van der Waals surface area contributed by atoms with Crippen LogP contribution in [0.2, 0.25) is 0 Å². The molecule has 2 fully saturated rings. The minimum Gasteiger partial charge on any atom is -0.271 e. The Kier molecular flexibility index (Phi) is 3.53. The highest BCUT2D eigenvalue weighted by molar-refractivity contribution is 5.20. The van der Waals surface area contributed by atoms with Crippen LogP contribution < -0.4 is 11.3 Å². The Morgan fingerprint density at radius 3 is 2.53 bits per heavy atom. The Labute approximate surface area is 105 Å². The van der Waals surface area contributed by atoms with Crippen molar-refractivity contribution in [3.8, 4) is 0 Å². The van der Waals surface area contributed by atoms with Gasteiger partial charge in [-0.05, 0) is 56.3 Å². The standard InChI is InChI=1S/C15H26N2/c16-17-15(11-7-3-1-2-4-8-11)14-12-9-5-6-10-13(12)14/h7,12-15,17H,1-6,8-10,16H2. The van der Waals surface area contributed by atoms with Crippen molar-refractivity contribution in [3.63, 3.8) is 0 Å². The summed E-state index contributed by atoms with van der Waals surface area (Å²) in [4.78, 5) is 0. The maximum absolute atomic E-state index is 5.86. The van der Waals surface area contributed by atoms with Crippen molar-refractivity contribution in [3.05, 3.63) is 11.6 Å². The van der Waals surface area contributed by atoms with Gasteiger partial charge < -0.3 is 0 Å². The number of allylic oxidation sites excluding steroid dienone is 1. The molecule has 0 aliphatic heterocycles. The molecule has 0 spiro atoms. The second-order valence-electron chi connectivity index (χ2n) is 6.21. The van der Waals surface area contributed by atoms with Crippen molar-refractivity contribution in [2.24, 2.45) is 23.6 Å². The van der Waals surface area contributed by atoms with Crippen LogP contribution in [0.4, 0.5) is 0 Å². The lowest BCUT2D eigenvalue weighted by molar-refractivity contribution is 0.477. The fourth-order valence-corrected chi connectivity index (χ4v) is 4.33. The average Bonchev–Trinajstić information content (AvgIpc) is 3.12. The average molecular weight is 234 g/mol. The molecule has 0 aromatic heterocycles. The highest BCUT2D eigenvalue weighted by Gasteiger charge is 2.54. The van der Waals surface area contributed by atoms with E-state index in [-0.39, 0.29) is 0 Å². The molecule has 17 heavy (non-hydrogen) atoms. The van der Waals surface area contributed by atoms with Crippen LogP contribution in [0.1, 0.15) is 57.8 Å². The highest BCUT2D eigenvalue weighted by Crippen LogP contribution is 2.58. The van der Waals surface area contributed by atoms with Gasteiger partial charge in [0.05, 0.1) is 0 Å². The number of hydrazine groups is 1. The molecule has 3 aliphatic rings. The van der Waals surface area contributed by atoms with Gasteiger partial charge in [0.15, 0.2) is 0 Å². The molecular formula is C15H26N2. The lowest BCUT2D eigenvalue weighted by Gasteiger charge is -2.19. The summed E-state index contributed by atoms with van der Waals surface area (Å²) in [5, 5.41) is 0. The third-order valence-corrected chi connectivity index (χ3v) is 5.26. The predicted molar refractivity (Wildman–Crippen MR) is 71.2 cm³/mol. The van der Waals surface area contributed by atoms with E-state index in [1.165, 1.54) is 57.8 Å². The summed E-state index contributed by atoms with van der Waals surface area (Å²) in [5.41, 5.74) is 4.78. The van der Waals surface area contributed by atoms with Gasteiger partial charge in [0, 0.05) is 6.04 Å². The molecule has 2 heteroatoms. The van der Waals surface area contributed by atoms with Gasteiger partial charge in [-0.2, -0.15) is 0 Å². The summed E-state index contributed by atoms with van der Waals surface area (Å²) < 4.78 is 0. The lowest BCUT2D eigenvalue weighted by Crippen LogP contribution is -2.39. The van der Waals surface area contributed by atoms with E-state index in [2.05, 4.69) is 11.5 Å². The van der Waals surface area contributed by atoms with Crippen LogP contribution in [0, 0.1) is 17.8 Å². The third-order valence-electron chi connectivity index (χ3n) is 5.26. The molecule has 3 aliphatic carbocycles. The van der Waals surface area contributed by atoms with E-state index >= 15 is 0 Å². The largest absolute Gasteiger partial charge is 0.271 e. The Bertz CT molecular complexity index is 285. The zero-order valence-corrected chi connectivity index (χ0v) is 10.8. The van der Waals surface area contributed by atoms with Crippen LogP contribution in [-0.2, 0) is 0 Å². The van der Waals surface area contributed by atoms with Gasteiger partial charge in [-0.1, -0.05) is 30.9 Å². The molecule has 0 aromatic carbocycles. The number of hydrogen-bond donors (Lipinski definition) is 2. The van der Waals surface area contributed by atoms with Gasteiger partial charge in [-0.15, -0.1) is 0 Å². The van der Waals surface area contributed by atoms with Crippen molar-refractivity contribution in [2.75, 3.05) is 0 Å². The summed E-state index contributed by atoms with van der Waals surface area (Å²) >= 11 is 0. The fourth-order valence-electron chi connectivity index (χ4n) is 4.33. The van der Waals surface area contributed by atoms with Gasteiger partial charge in [0.25, 0.3) is 0 Å². The zero-order valence-electron chi connectivity index (χ0n) is 10.8. The van der Waals surface area contributed by atoms with E-state index in [0.29, 0.717) is 6.04 Å². The Balaban J connectivity index is 1.68. The normalized spacial score (nSPS) is 38.9. The monoisotopic (exact) mass is 234 g/mol. The SMILES string of the molecule is NNC(C1=CCCCCC1)C1C2CCCCC21. The van der Waals surface area contributed by atoms with Crippen molar-refractivity contribution < 1.29 is 0 Å². The Morgan fingerprint density at radius 2 is 1.82 bits per heavy atom. The van der Waals surface area contributed by atoms with Crippen LogP contribution in [0.15, 0.2) is 11.6 Å². The van der Waals surface area contributed by atoms with Crippen LogP contribution in [-0.4, -0.2) is 6.04 Å². The molecule has 0 saturated heterocycles. The third kappa shape index (κ3) is 2.30. The number of rotatable bonds is 3. The van der Waals surface area contributed by atoms with Gasteiger partial charge in [0.1, 0.15) is 0 Å². The number of nitrogens with one attached hydrogen (secondary N) is 1. The van der Waals surface area contributed by atoms with Crippen LogP contribution in [0.3, 0.4) is 0 Å². The van der Waals surface area contributed by atoms with E-state index in [9.17, 15) is 0 Å². The minimum absolute atomic E-state index is 0.501. The smallest absolute Gasteiger partial charge is 0.0453 e. The topological polar surface area (TPSA) is 38.0 Å². The lowest BCUT2D eigenvalue weighted by atomic mass is 9.96. The summed E-state index contributed by atoms with van der Waals surface area (Å²) in [7, 11) is 0. The van der Waals surface area contributed by atoms with E-state index in [1.807, 2.05) is 0 Å². The first-order valence-corrected chi connectivity index (χ1v) is 7.57. The maximum Gasteiger partial charge on any atom is 0.0453 e. The Morgan fingerprint density at radius 1 is 1.06 bits per heavy atom. The van der Waals surface area contributed by atoms with Gasteiger partial charge in [-0.25, -0.2) is 0 Å². The van der Waals surface area contributed by atoms with Crippen molar-refractivity contribution in [1.29, 1.82) is 0 Å². The maximum atomic E-state index is 5.86. The van der Waals surface area contributed by atoms with Crippen LogP contribution in [0.5, 0.6) is 0 Å². The Hall–Kier alpha value is -0.340. The van der Waals surface area contributed by atoms with Crippen LogP contribution >= 0.6 is 0 Å². The molecule has 3 N–H and O–H groups in total. The van der Waals surface area contributed by atoms with Gasteiger partial charge in [-0.3, -0.25) is 11.3 Å². The summed E-state index contributed by atoms with van der Waals surface area (Å²) in [5.74, 6) is 8.72. The first kappa shape index (κ1) is 11.7. The summed E-state index contributed by atoms with van der Waals surface area (Å²) in [6.07, 6.45) is 15.0. The molecule has 0 aromatic rings. The van der Waals surface area contributed by atoms with Crippen molar-refractivity contribution in [2.45, 2.75) is 63.8 Å². The first-order chi connectivity index (χ1) is 8.42. The van der Waals surface area contributed by atoms with E-state index in [0.717, 1.165) is 17.8 Å². The minimum atomic E-state index is 0.501. The predicted octanol–water partition coefficient (Wildman–Crippen LogP) is 3.15. The molecule has 0 radical (unpaired) electrons. The molecule has 96 valence electrons. The molecule has 0 heterocycles. The second kappa shape index (κ2) is 5.11. The van der Waals surface area contributed by atoms with E-state index in [4.69, 9.17) is 5.84 Å². The van der Waals surface area contributed by atoms with Gasteiger partial charge >= 0.3 is 0 Å². The molecule has 3 rings (SSSR count). The summed E-state index contributed by atoms with van der Waals surface area (Å²) in [6.45, 7) is 0.